The van der Waals surface area contributed by atoms with Crippen LogP contribution in [0.5, 0.6) is 11.5 Å². The van der Waals surface area contributed by atoms with Crippen molar-refractivity contribution in [2.75, 3.05) is 18.5 Å². The summed E-state index contributed by atoms with van der Waals surface area (Å²) in [7, 11) is 0. The molecule has 7 nitrogen and oxygen atoms in total. The first-order chi connectivity index (χ1) is 13.8. The van der Waals surface area contributed by atoms with E-state index in [-0.39, 0.29) is 11.7 Å². The molecule has 0 saturated heterocycles. The zero-order valence-corrected chi connectivity index (χ0v) is 19.1. The van der Waals surface area contributed by atoms with Crippen LogP contribution in [-0.4, -0.2) is 30.4 Å². The number of benzene rings is 2. The normalized spacial score (nSPS) is 10.6. The Morgan fingerprint density at radius 2 is 2.03 bits per heavy atom. The lowest BCUT2D eigenvalue weighted by atomic mass is 10.2. The van der Waals surface area contributed by atoms with E-state index >= 15 is 0 Å². The number of amides is 1. The molecule has 11 heteroatoms. The number of nitrogens with one attached hydrogen (secondary N) is 2. The van der Waals surface area contributed by atoms with E-state index in [9.17, 15) is 4.79 Å². The summed E-state index contributed by atoms with van der Waals surface area (Å²) < 4.78 is 11.6. The highest BCUT2D eigenvalue weighted by Crippen LogP contribution is 2.36. The van der Waals surface area contributed by atoms with E-state index in [1.807, 2.05) is 6.92 Å². The van der Waals surface area contributed by atoms with Crippen LogP contribution in [0.15, 0.2) is 39.9 Å². The lowest BCUT2D eigenvalue weighted by Gasteiger charge is -2.13. The molecule has 0 aliphatic rings. The molecular formula is C18H17BrCl2N4O3S. The van der Waals surface area contributed by atoms with Gasteiger partial charge in [-0.25, -0.2) is 0 Å². The summed E-state index contributed by atoms with van der Waals surface area (Å²) in [6, 6.07) is 8.51. The number of carbonyl (C=O) groups is 1. The van der Waals surface area contributed by atoms with Gasteiger partial charge in [0, 0.05) is 5.69 Å². The number of anilines is 1. The minimum Gasteiger partial charge on any atom is -0.490 e. The van der Waals surface area contributed by atoms with Crippen LogP contribution >= 0.6 is 51.3 Å². The van der Waals surface area contributed by atoms with Crippen molar-refractivity contribution in [1.29, 1.82) is 0 Å². The first-order valence-electron chi connectivity index (χ1n) is 8.22. The van der Waals surface area contributed by atoms with Gasteiger partial charge in [0.25, 0.3) is 5.91 Å². The predicted octanol–water partition coefficient (Wildman–Crippen LogP) is 4.34. The van der Waals surface area contributed by atoms with Gasteiger partial charge < -0.3 is 20.5 Å². The Hall–Kier alpha value is -2.07. The second-order valence-electron chi connectivity index (χ2n) is 5.47. The van der Waals surface area contributed by atoms with Crippen molar-refractivity contribution in [3.05, 3.63) is 50.4 Å². The number of primary amides is 1. The van der Waals surface area contributed by atoms with Crippen molar-refractivity contribution >= 4 is 74.3 Å². The summed E-state index contributed by atoms with van der Waals surface area (Å²) in [5.41, 5.74) is 9.21. The number of hydrogen-bond acceptors (Lipinski definition) is 5. The monoisotopic (exact) mass is 518 g/mol. The fourth-order valence-corrected chi connectivity index (χ4v) is 3.15. The Morgan fingerprint density at radius 3 is 2.69 bits per heavy atom. The molecule has 0 aliphatic carbocycles. The van der Waals surface area contributed by atoms with Crippen molar-refractivity contribution in [3.63, 3.8) is 0 Å². The van der Waals surface area contributed by atoms with Gasteiger partial charge in [0.05, 0.1) is 27.3 Å². The summed E-state index contributed by atoms with van der Waals surface area (Å²) in [5, 5.41) is 8.17. The maximum Gasteiger partial charge on any atom is 0.255 e. The van der Waals surface area contributed by atoms with E-state index < -0.39 is 5.91 Å². The van der Waals surface area contributed by atoms with E-state index in [2.05, 4.69) is 31.8 Å². The number of thiocarbonyl (C=S) groups is 1. The first-order valence-corrected chi connectivity index (χ1v) is 10.2. The molecule has 0 unspecified atom stereocenters. The van der Waals surface area contributed by atoms with Gasteiger partial charge in [-0.15, -0.1) is 0 Å². The molecule has 29 heavy (non-hydrogen) atoms. The Bertz CT molecular complexity index is 944. The van der Waals surface area contributed by atoms with Crippen LogP contribution in [0.1, 0.15) is 12.5 Å². The number of rotatable bonds is 8. The van der Waals surface area contributed by atoms with Crippen molar-refractivity contribution in [2.24, 2.45) is 10.8 Å². The smallest absolute Gasteiger partial charge is 0.255 e. The molecular weight excluding hydrogens is 503 g/mol. The molecule has 0 heterocycles. The van der Waals surface area contributed by atoms with E-state index in [0.29, 0.717) is 43.9 Å². The number of nitrogens with two attached hydrogens (primary N) is 1. The second-order valence-corrected chi connectivity index (χ2v) is 7.55. The lowest BCUT2D eigenvalue weighted by Crippen LogP contribution is -2.23. The molecule has 4 N–H and O–H groups in total. The van der Waals surface area contributed by atoms with Crippen LogP contribution < -0.4 is 25.9 Å². The molecule has 0 saturated carbocycles. The van der Waals surface area contributed by atoms with Crippen LogP contribution in [0.25, 0.3) is 0 Å². The Morgan fingerprint density at radius 1 is 1.28 bits per heavy atom. The van der Waals surface area contributed by atoms with Gasteiger partial charge in [0.15, 0.2) is 23.2 Å². The highest BCUT2D eigenvalue weighted by molar-refractivity contribution is 9.10. The van der Waals surface area contributed by atoms with E-state index in [1.165, 1.54) is 0 Å². The number of halogens is 3. The zero-order valence-electron chi connectivity index (χ0n) is 15.2. The first kappa shape index (κ1) is 23.2. The third kappa shape index (κ3) is 7.36. The highest BCUT2D eigenvalue weighted by atomic mass is 79.9. The van der Waals surface area contributed by atoms with Crippen LogP contribution in [0.4, 0.5) is 5.69 Å². The zero-order chi connectivity index (χ0) is 21.4. The maximum atomic E-state index is 11.0. The fraction of sp³-hybridized carbons (Fsp3) is 0.167. The summed E-state index contributed by atoms with van der Waals surface area (Å²) >= 11 is 20.4. The van der Waals surface area contributed by atoms with Gasteiger partial charge in [-0.2, -0.15) is 5.10 Å². The van der Waals surface area contributed by atoms with E-state index in [0.717, 1.165) is 0 Å². The van der Waals surface area contributed by atoms with E-state index in [1.54, 1.807) is 36.5 Å². The maximum absolute atomic E-state index is 11.0. The van der Waals surface area contributed by atoms with Gasteiger partial charge in [-0.1, -0.05) is 23.2 Å². The van der Waals surface area contributed by atoms with Crippen molar-refractivity contribution in [2.45, 2.75) is 6.92 Å². The molecule has 0 atom stereocenters. The predicted molar refractivity (Wildman–Crippen MR) is 123 cm³/mol. The number of hydrogen-bond donors (Lipinski definition) is 3. The Balaban J connectivity index is 2.05. The molecule has 2 rings (SSSR count). The summed E-state index contributed by atoms with van der Waals surface area (Å²) in [6.07, 6.45) is 1.55. The fourth-order valence-electron chi connectivity index (χ4n) is 2.11. The van der Waals surface area contributed by atoms with Gasteiger partial charge in [-0.05, 0) is 71.0 Å². The van der Waals surface area contributed by atoms with Crippen molar-refractivity contribution in [3.8, 4) is 11.5 Å². The average Bonchev–Trinajstić information content (AvgIpc) is 2.64. The SMILES string of the molecule is CCOc1cc(/C=N/NC(=S)Nc2ccc(Cl)c(Cl)c2)cc(Br)c1OCC(N)=O. The molecule has 0 bridgehead atoms. The van der Waals surface area contributed by atoms with Gasteiger partial charge in [0.2, 0.25) is 0 Å². The third-order valence-corrected chi connectivity index (χ3v) is 4.77. The van der Waals surface area contributed by atoms with E-state index in [4.69, 9.17) is 50.6 Å². The van der Waals surface area contributed by atoms with Gasteiger partial charge >= 0.3 is 0 Å². The quantitative estimate of drug-likeness (QED) is 0.272. The summed E-state index contributed by atoms with van der Waals surface area (Å²) in [6.45, 7) is 1.99. The Labute approximate surface area is 191 Å². The van der Waals surface area contributed by atoms with Gasteiger partial charge in [-0.3, -0.25) is 10.2 Å². The molecule has 0 fully saturated rings. The summed E-state index contributed by atoms with van der Waals surface area (Å²) in [4.78, 5) is 11.0. The van der Waals surface area contributed by atoms with Crippen LogP contribution in [-0.2, 0) is 4.79 Å². The topological polar surface area (TPSA) is 98.0 Å². The lowest BCUT2D eigenvalue weighted by molar-refractivity contribution is -0.119. The largest absolute Gasteiger partial charge is 0.490 e. The second kappa shape index (κ2) is 11.2. The molecule has 2 aromatic rings. The minimum atomic E-state index is -0.586. The highest BCUT2D eigenvalue weighted by Gasteiger charge is 2.13. The van der Waals surface area contributed by atoms with Crippen molar-refractivity contribution in [1.82, 2.24) is 5.43 Å². The molecule has 2 aromatic carbocycles. The molecule has 0 aromatic heterocycles. The van der Waals surface area contributed by atoms with Crippen LogP contribution in [0.2, 0.25) is 10.0 Å². The molecule has 0 radical (unpaired) electrons. The Kier molecular flexibility index (Phi) is 8.97. The van der Waals surface area contributed by atoms with Gasteiger partial charge in [0.1, 0.15) is 0 Å². The van der Waals surface area contributed by atoms with Crippen LogP contribution in [0.3, 0.4) is 0 Å². The van der Waals surface area contributed by atoms with Crippen LogP contribution in [0, 0.1) is 0 Å². The number of nitrogens with zero attached hydrogens (tertiary/aromatic N) is 1. The number of ether oxygens (including phenoxy) is 2. The molecule has 0 spiro atoms. The average molecular weight is 520 g/mol. The standard InChI is InChI=1S/C18H17BrCl2N4O3S/c1-2-27-15-6-10(5-12(19)17(15)28-9-16(22)26)8-23-25-18(29)24-11-3-4-13(20)14(21)7-11/h3-8H,2,9H2,1H3,(H2,22,26)(H2,24,25,29)/b23-8+. The molecule has 154 valence electrons. The number of carbonyl (C=O) groups excluding carboxylic acids is 1. The van der Waals surface area contributed by atoms with Crippen molar-refractivity contribution < 1.29 is 14.3 Å². The molecule has 0 aliphatic heterocycles. The minimum absolute atomic E-state index is 0.262. The third-order valence-electron chi connectivity index (χ3n) is 3.25. The molecule has 1 amide bonds. The number of hydrazone groups is 1. The summed E-state index contributed by atoms with van der Waals surface area (Å²) in [5.74, 6) is 0.242.